The summed E-state index contributed by atoms with van der Waals surface area (Å²) in [5.74, 6) is -1.11. The van der Waals surface area contributed by atoms with Crippen LogP contribution in [0.25, 0.3) is 0 Å². The zero-order chi connectivity index (χ0) is 18.4. The third-order valence-electron chi connectivity index (χ3n) is 3.17. The SMILES string of the molecule is COc1ccc(C(=O)OCC(=O)Nc2ccc(F)cc2Cl)c(OC)c1. The molecule has 1 amide bonds. The van der Waals surface area contributed by atoms with E-state index in [0.29, 0.717) is 5.75 Å². The number of hydrogen-bond acceptors (Lipinski definition) is 5. The number of ether oxygens (including phenoxy) is 3. The summed E-state index contributed by atoms with van der Waals surface area (Å²) in [6.07, 6.45) is 0. The van der Waals surface area contributed by atoms with Gasteiger partial charge in [0.2, 0.25) is 0 Å². The van der Waals surface area contributed by atoms with Crippen molar-refractivity contribution in [2.75, 3.05) is 26.1 Å². The highest BCUT2D eigenvalue weighted by Crippen LogP contribution is 2.25. The Bertz CT molecular complexity index is 797. The number of nitrogens with one attached hydrogen (secondary N) is 1. The van der Waals surface area contributed by atoms with E-state index in [-0.39, 0.29) is 22.0 Å². The number of carbonyl (C=O) groups excluding carboxylic acids is 2. The molecule has 0 heterocycles. The summed E-state index contributed by atoms with van der Waals surface area (Å²) >= 11 is 5.81. The number of benzene rings is 2. The summed E-state index contributed by atoms with van der Waals surface area (Å²) in [7, 11) is 2.88. The molecule has 2 rings (SSSR count). The fraction of sp³-hybridized carbons (Fsp3) is 0.176. The minimum absolute atomic E-state index is 0.0384. The molecule has 2 aromatic carbocycles. The van der Waals surface area contributed by atoms with Crippen LogP contribution < -0.4 is 14.8 Å². The summed E-state index contributed by atoms with van der Waals surface area (Å²) in [5.41, 5.74) is 0.363. The fourth-order valence-electron chi connectivity index (χ4n) is 1.95. The molecule has 0 aliphatic rings. The zero-order valence-corrected chi connectivity index (χ0v) is 14.2. The Labute approximate surface area is 148 Å². The van der Waals surface area contributed by atoms with Crippen molar-refractivity contribution in [2.24, 2.45) is 0 Å². The second kappa shape index (κ2) is 8.34. The molecule has 25 heavy (non-hydrogen) atoms. The van der Waals surface area contributed by atoms with E-state index in [9.17, 15) is 14.0 Å². The third-order valence-corrected chi connectivity index (χ3v) is 3.48. The molecular formula is C17H15ClFNO5. The summed E-state index contributed by atoms with van der Waals surface area (Å²) in [4.78, 5) is 23.9. The van der Waals surface area contributed by atoms with Gasteiger partial charge in [-0.1, -0.05) is 11.6 Å². The van der Waals surface area contributed by atoms with Crippen LogP contribution in [0.5, 0.6) is 11.5 Å². The van der Waals surface area contributed by atoms with Gasteiger partial charge in [0.25, 0.3) is 5.91 Å². The van der Waals surface area contributed by atoms with Gasteiger partial charge in [0.05, 0.1) is 24.9 Å². The summed E-state index contributed by atoms with van der Waals surface area (Å²) in [6.45, 7) is -0.540. The molecule has 0 aliphatic carbocycles. The predicted octanol–water partition coefficient (Wildman–Crippen LogP) is 3.29. The smallest absolute Gasteiger partial charge is 0.342 e. The average Bonchev–Trinajstić information content (AvgIpc) is 2.61. The molecule has 0 saturated carbocycles. The lowest BCUT2D eigenvalue weighted by atomic mass is 10.2. The predicted molar refractivity (Wildman–Crippen MR) is 89.9 cm³/mol. The second-order valence-electron chi connectivity index (χ2n) is 4.81. The molecule has 0 atom stereocenters. The van der Waals surface area contributed by atoms with Crippen LogP contribution in [0.4, 0.5) is 10.1 Å². The van der Waals surface area contributed by atoms with Crippen molar-refractivity contribution in [1.29, 1.82) is 0 Å². The summed E-state index contributed by atoms with van der Waals surface area (Å²) in [5, 5.41) is 2.46. The van der Waals surface area contributed by atoms with Gasteiger partial charge in [0.1, 0.15) is 22.9 Å². The number of esters is 1. The Kier molecular flexibility index (Phi) is 6.19. The van der Waals surface area contributed by atoms with Crippen LogP contribution in [0.15, 0.2) is 36.4 Å². The lowest BCUT2D eigenvalue weighted by Gasteiger charge is -2.11. The van der Waals surface area contributed by atoms with Crippen molar-refractivity contribution in [3.8, 4) is 11.5 Å². The molecule has 132 valence electrons. The van der Waals surface area contributed by atoms with Gasteiger partial charge >= 0.3 is 5.97 Å². The quantitative estimate of drug-likeness (QED) is 0.793. The van der Waals surface area contributed by atoms with Gasteiger partial charge in [0, 0.05) is 6.07 Å². The normalized spacial score (nSPS) is 10.1. The van der Waals surface area contributed by atoms with E-state index in [1.807, 2.05) is 0 Å². The zero-order valence-electron chi connectivity index (χ0n) is 13.5. The Morgan fingerprint density at radius 2 is 1.88 bits per heavy atom. The molecule has 0 radical (unpaired) electrons. The number of hydrogen-bond donors (Lipinski definition) is 1. The summed E-state index contributed by atoms with van der Waals surface area (Å²) in [6, 6.07) is 8.08. The van der Waals surface area contributed by atoms with Gasteiger partial charge in [-0.2, -0.15) is 0 Å². The van der Waals surface area contributed by atoms with E-state index in [1.54, 1.807) is 6.07 Å². The Morgan fingerprint density at radius 3 is 2.52 bits per heavy atom. The van der Waals surface area contributed by atoms with Gasteiger partial charge in [0.15, 0.2) is 6.61 Å². The van der Waals surface area contributed by atoms with E-state index in [4.69, 9.17) is 25.8 Å². The first kappa shape index (κ1) is 18.5. The molecule has 0 unspecified atom stereocenters. The number of amides is 1. The lowest BCUT2D eigenvalue weighted by molar-refractivity contribution is -0.119. The van der Waals surface area contributed by atoms with Crippen molar-refractivity contribution >= 4 is 29.2 Å². The molecule has 6 nitrogen and oxygen atoms in total. The highest BCUT2D eigenvalue weighted by Gasteiger charge is 2.16. The maximum atomic E-state index is 13.0. The van der Waals surface area contributed by atoms with E-state index in [2.05, 4.69) is 5.32 Å². The van der Waals surface area contributed by atoms with Crippen LogP contribution in [-0.4, -0.2) is 32.7 Å². The molecule has 0 fully saturated rings. The number of anilines is 1. The van der Waals surface area contributed by atoms with Gasteiger partial charge in [-0.25, -0.2) is 9.18 Å². The van der Waals surface area contributed by atoms with Gasteiger partial charge in [-0.3, -0.25) is 4.79 Å². The highest BCUT2D eigenvalue weighted by atomic mass is 35.5. The van der Waals surface area contributed by atoms with E-state index in [0.717, 1.165) is 12.1 Å². The molecule has 0 bridgehead atoms. The van der Waals surface area contributed by atoms with E-state index >= 15 is 0 Å². The summed E-state index contributed by atoms with van der Waals surface area (Å²) < 4.78 is 28.1. The van der Waals surface area contributed by atoms with Crippen molar-refractivity contribution in [3.63, 3.8) is 0 Å². The van der Waals surface area contributed by atoms with E-state index in [1.165, 1.54) is 32.4 Å². The van der Waals surface area contributed by atoms with Crippen LogP contribution in [0.3, 0.4) is 0 Å². The van der Waals surface area contributed by atoms with Crippen LogP contribution in [0.1, 0.15) is 10.4 Å². The van der Waals surface area contributed by atoms with Gasteiger partial charge in [-0.15, -0.1) is 0 Å². The number of methoxy groups -OCH3 is 2. The maximum Gasteiger partial charge on any atom is 0.342 e. The first-order valence-corrected chi connectivity index (χ1v) is 7.46. The van der Waals surface area contributed by atoms with Crippen molar-refractivity contribution in [3.05, 3.63) is 52.8 Å². The molecule has 0 aromatic heterocycles. The highest BCUT2D eigenvalue weighted by molar-refractivity contribution is 6.33. The Hall–Kier alpha value is -2.80. The topological polar surface area (TPSA) is 73.9 Å². The standard InChI is InChI=1S/C17H15ClFNO5/c1-23-11-4-5-12(15(8-11)24-2)17(22)25-9-16(21)20-14-6-3-10(19)7-13(14)18/h3-8H,9H2,1-2H3,(H,20,21). The van der Waals surface area contributed by atoms with E-state index < -0.39 is 24.3 Å². The average molecular weight is 368 g/mol. The largest absolute Gasteiger partial charge is 0.497 e. The minimum Gasteiger partial charge on any atom is -0.497 e. The molecular weight excluding hydrogens is 353 g/mol. The van der Waals surface area contributed by atoms with Gasteiger partial charge in [-0.05, 0) is 30.3 Å². The Morgan fingerprint density at radius 1 is 1.12 bits per heavy atom. The van der Waals surface area contributed by atoms with Crippen molar-refractivity contribution < 1.29 is 28.2 Å². The monoisotopic (exact) mass is 367 g/mol. The van der Waals surface area contributed by atoms with Crippen LogP contribution in [0.2, 0.25) is 5.02 Å². The molecule has 0 aliphatic heterocycles. The van der Waals surface area contributed by atoms with Crippen LogP contribution in [-0.2, 0) is 9.53 Å². The molecule has 0 saturated heterocycles. The van der Waals surface area contributed by atoms with Crippen LogP contribution >= 0.6 is 11.6 Å². The van der Waals surface area contributed by atoms with Crippen LogP contribution in [0, 0.1) is 5.82 Å². The van der Waals surface area contributed by atoms with Crippen molar-refractivity contribution in [1.82, 2.24) is 0 Å². The molecule has 2 aromatic rings. The first-order chi connectivity index (χ1) is 11.9. The lowest BCUT2D eigenvalue weighted by Crippen LogP contribution is -2.21. The Balaban J connectivity index is 1.98. The number of carbonyl (C=O) groups is 2. The van der Waals surface area contributed by atoms with Crippen molar-refractivity contribution in [2.45, 2.75) is 0 Å². The first-order valence-electron chi connectivity index (χ1n) is 7.08. The second-order valence-corrected chi connectivity index (χ2v) is 5.22. The maximum absolute atomic E-state index is 13.0. The molecule has 0 spiro atoms. The number of halogens is 2. The minimum atomic E-state index is -0.736. The van der Waals surface area contributed by atoms with Gasteiger partial charge < -0.3 is 19.5 Å². The fourth-order valence-corrected chi connectivity index (χ4v) is 2.17. The molecule has 8 heteroatoms. The third kappa shape index (κ3) is 4.84. The number of rotatable bonds is 6. The molecule has 1 N–H and O–H groups in total.